The molecule has 6 heteroatoms. The lowest BCUT2D eigenvalue weighted by atomic mass is 10.0. The number of fused-ring (bicyclic) bond motifs is 1. The fourth-order valence-electron chi connectivity index (χ4n) is 4.39. The first-order valence-electron chi connectivity index (χ1n) is 10.9. The van der Waals surface area contributed by atoms with Crippen LogP contribution in [0.1, 0.15) is 44.1 Å². The summed E-state index contributed by atoms with van der Waals surface area (Å²) in [5.74, 6) is 0.684. The van der Waals surface area contributed by atoms with Gasteiger partial charge in [-0.3, -0.25) is 0 Å². The second-order valence-corrected chi connectivity index (χ2v) is 8.69. The molecule has 0 aliphatic heterocycles. The minimum atomic E-state index is -1.04. The van der Waals surface area contributed by atoms with E-state index < -0.39 is 11.6 Å². The second-order valence-electron chi connectivity index (χ2n) is 8.19. The SMILES string of the molecule is CSOc1ccc2c(ccn2CCCCc2ccc(OC3(C(=O)O)CCCC3)cc2)c1. The van der Waals surface area contributed by atoms with Gasteiger partial charge in [0.2, 0.25) is 5.60 Å². The van der Waals surface area contributed by atoms with Gasteiger partial charge in [0.1, 0.15) is 11.5 Å². The number of carbonyl (C=O) groups is 1. The van der Waals surface area contributed by atoms with Gasteiger partial charge in [-0.05, 0) is 86.9 Å². The number of carboxylic acids is 1. The van der Waals surface area contributed by atoms with E-state index in [9.17, 15) is 9.90 Å². The number of aromatic nitrogens is 1. The molecule has 1 N–H and O–H groups in total. The molecular weight excluding hydrogens is 410 g/mol. The first kappa shape index (κ1) is 21.6. The van der Waals surface area contributed by atoms with Crippen molar-refractivity contribution in [2.24, 2.45) is 0 Å². The lowest BCUT2D eigenvalue weighted by Crippen LogP contribution is -2.41. The van der Waals surface area contributed by atoms with E-state index in [4.69, 9.17) is 8.92 Å². The van der Waals surface area contributed by atoms with Gasteiger partial charge in [-0.1, -0.05) is 12.1 Å². The Morgan fingerprint density at radius 3 is 2.52 bits per heavy atom. The van der Waals surface area contributed by atoms with Crippen molar-refractivity contribution in [1.29, 1.82) is 0 Å². The fraction of sp³-hybridized carbons (Fsp3) is 0.400. The fourth-order valence-corrected chi connectivity index (χ4v) is 4.68. The molecule has 0 atom stereocenters. The standard InChI is InChI=1S/C25H29NO4S/c1-31-30-22-11-12-23-20(18-22)13-17-26(23)16-5-2-6-19-7-9-21(10-8-19)29-25(24(27)28)14-3-4-15-25/h7-13,17-18H,2-6,14-16H2,1H3,(H,27,28). The van der Waals surface area contributed by atoms with Crippen LogP contribution >= 0.6 is 12.0 Å². The predicted molar refractivity (Wildman–Crippen MR) is 125 cm³/mol. The molecule has 0 unspecified atom stereocenters. The number of aryl methyl sites for hydroxylation is 2. The number of hydrogen-bond donors (Lipinski definition) is 1. The van der Waals surface area contributed by atoms with Crippen molar-refractivity contribution in [2.45, 2.75) is 57.1 Å². The molecule has 1 heterocycles. The molecule has 164 valence electrons. The van der Waals surface area contributed by atoms with Crippen molar-refractivity contribution >= 4 is 28.9 Å². The molecule has 0 radical (unpaired) electrons. The molecule has 1 fully saturated rings. The molecule has 0 spiro atoms. The van der Waals surface area contributed by atoms with Crippen LogP contribution in [-0.2, 0) is 17.8 Å². The summed E-state index contributed by atoms with van der Waals surface area (Å²) in [5.41, 5.74) is 1.44. The van der Waals surface area contributed by atoms with Crippen molar-refractivity contribution in [1.82, 2.24) is 4.57 Å². The third-order valence-corrected chi connectivity index (χ3v) is 6.43. The minimum Gasteiger partial charge on any atom is -0.478 e. The molecule has 0 saturated heterocycles. The van der Waals surface area contributed by atoms with Gasteiger partial charge < -0.3 is 18.6 Å². The number of ether oxygens (including phenoxy) is 1. The number of unbranched alkanes of at least 4 members (excludes halogenated alkanes) is 1. The molecule has 3 aromatic rings. The normalized spacial score (nSPS) is 15.3. The van der Waals surface area contributed by atoms with Gasteiger partial charge in [-0.15, -0.1) is 0 Å². The van der Waals surface area contributed by atoms with Crippen LogP contribution in [-0.4, -0.2) is 27.5 Å². The largest absolute Gasteiger partial charge is 0.478 e. The highest BCUT2D eigenvalue weighted by Gasteiger charge is 2.43. The van der Waals surface area contributed by atoms with Crippen LogP contribution in [0.25, 0.3) is 10.9 Å². The summed E-state index contributed by atoms with van der Waals surface area (Å²) in [4.78, 5) is 11.7. The molecule has 2 aromatic carbocycles. The van der Waals surface area contributed by atoms with Crippen LogP contribution in [0.5, 0.6) is 11.5 Å². The van der Waals surface area contributed by atoms with Crippen molar-refractivity contribution in [2.75, 3.05) is 6.26 Å². The number of rotatable bonds is 10. The Hall–Kier alpha value is -2.60. The van der Waals surface area contributed by atoms with Crippen LogP contribution in [0.3, 0.4) is 0 Å². The molecule has 1 aliphatic carbocycles. The first-order chi connectivity index (χ1) is 15.1. The van der Waals surface area contributed by atoms with Crippen LogP contribution in [0.4, 0.5) is 0 Å². The molecule has 1 aromatic heterocycles. The lowest BCUT2D eigenvalue weighted by Gasteiger charge is -2.25. The Morgan fingerprint density at radius 2 is 1.81 bits per heavy atom. The van der Waals surface area contributed by atoms with E-state index in [2.05, 4.69) is 41.1 Å². The molecule has 1 aliphatic rings. The Morgan fingerprint density at radius 1 is 1.06 bits per heavy atom. The van der Waals surface area contributed by atoms with Crippen LogP contribution in [0, 0.1) is 0 Å². The predicted octanol–water partition coefficient (Wildman–Crippen LogP) is 6.10. The molecule has 0 amide bonds. The monoisotopic (exact) mass is 439 g/mol. The van der Waals surface area contributed by atoms with E-state index in [-0.39, 0.29) is 0 Å². The quantitative estimate of drug-likeness (QED) is 0.306. The van der Waals surface area contributed by atoms with Gasteiger partial charge in [0, 0.05) is 29.9 Å². The van der Waals surface area contributed by atoms with Crippen LogP contribution in [0.2, 0.25) is 0 Å². The smallest absolute Gasteiger partial charge is 0.348 e. The first-order valence-corrected chi connectivity index (χ1v) is 12.1. The van der Waals surface area contributed by atoms with Gasteiger partial charge in [-0.2, -0.15) is 0 Å². The Balaban J connectivity index is 1.27. The van der Waals surface area contributed by atoms with Crippen LogP contribution < -0.4 is 8.92 Å². The van der Waals surface area contributed by atoms with Crippen molar-refractivity contribution in [3.63, 3.8) is 0 Å². The zero-order valence-corrected chi connectivity index (χ0v) is 18.7. The summed E-state index contributed by atoms with van der Waals surface area (Å²) >= 11 is 1.35. The molecule has 31 heavy (non-hydrogen) atoms. The van der Waals surface area contributed by atoms with Crippen molar-refractivity contribution < 1.29 is 18.8 Å². The highest BCUT2D eigenvalue weighted by molar-refractivity contribution is 7.94. The molecule has 5 nitrogen and oxygen atoms in total. The number of aliphatic carboxylic acids is 1. The molecule has 0 bridgehead atoms. The Kier molecular flexibility index (Phi) is 6.76. The summed E-state index contributed by atoms with van der Waals surface area (Å²) in [5, 5.41) is 10.8. The molecular formula is C25H29NO4S. The lowest BCUT2D eigenvalue weighted by molar-refractivity contribution is -0.154. The third kappa shape index (κ3) is 5.01. The van der Waals surface area contributed by atoms with Gasteiger partial charge in [0.05, 0.1) is 12.0 Å². The highest BCUT2D eigenvalue weighted by Crippen LogP contribution is 2.35. The number of benzene rings is 2. The van der Waals surface area contributed by atoms with E-state index in [1.54, 1.807) is 0 Å². The minimum absolute atomic E-state index is 0.587. The zero-order chi connectivity index (χ0) is 21.7. The maximum Gasteiger partial charge on any atom is 0.348 e. The second kappa shape index (κ2) is 9.69. The average molecular weight is 440 g/mol. The van der Waals surface area contributed by atoms with Crippen molar-refractivity contribution in [3.8, 4) is 11.5 Å². The van der Waals surface area contributed by atoms with Crippen molar-refractivity contribution in [3.05, 3.63) is 60.3 Å². The molecule has 4 rings (SSSR count). The average Bonchev–Trinajstić information content (AvgIpc) is 3.40. The Labute approximate surface area is 187 Å². The maximum absolute atomic E-state index is 11.7. The van der Waals surface area contributed by atoms with E-state index >= 15 is 0 Å². The summed E-state index contributed by atoms with van der Waals surface area (Å²) < 4.78 is 13.7. The van der Waals surface area contributed by atoms with E-state index in [1.807, 2.05) is 24.5 Å². The van der Waals surface area contributed by atoms with E-state index in [1.165, 1.54) is 28.5 Å². The topological polar surface area (TPSA) is 60.7 Å². The molecule has 1 saturated carbocycles. The summed E-state index contributed by atoms with van der Waals surface area (Å²) in [7, 11) is 0. The van der Waals surface area contributed by atoms with Gasteiger partial charge in [0.15, 0.2) is 0 Å². The van der Waals surface area contributed by atoms with E-state index in [0.717, 1.165) is 44.4 Å². The van der Waals surface area contributed by atoms with Gasteiger partial charge in [-0.25, -0.2) is 4.79 Å². The highest BCUT2D eigenvalue weighted by atomic mass is 32.2. The zero-order valence-electron chi connectivity index (χ0n) is 17.9. The van der Waals surface area contributed by atoms with Crippen LogP contribution in [0.15, 0.2) is 54.7 Å². The van der Waals surface area contributed by atoms with Gasteiger partial charge in [0.25, 0.3) is 0 Å². The number of nitrogens with zero attached hydrogens (tertiary/aromatic N) is 1. The summed E-state index contributed by atoms with van der Waals surface area (Å²) in [6, 6.07) is 16.3. The number of carboxylic acid groups (broad SMARTS) is 1. The Bertz CT molecular complexity index is 1020. The third-order valence-electron chi connectivity index (χ3n) is 6.07. The summed E-state index contributed by atoms with van der Waals surface area (Å²) in [6.45, 7) is 0.981. The number of hydrogen-bond acceptors (Lipinski definition) is 4. The van der Waals surface area contributed by atoms with Gasteiger partial charge >= 0.3 is 5.97 Å². The van der Waals surface area contributed by atoms with E-state index in [0.29, 0.717) is 18.6 Å². The summed E-state index contributed by atoms with van der Waals surface area (Å²) in [6.07, 6.45) is 10.2. The maximum atomic E-state index is 11.7.